The van der Waals surface area contributed by atoms with Gasteiger partial charge in [-0.25, -0.2) is 4.98 Å². The number of aromatic nitrogens is 2. The highest BCUT2D eigenvalue weighted by Gasteiger charge is 2.07. The van der Waals surface area contributed by atoms with Gasteiger partial charge in [0.1, 0.15) is 10.7 Å². The maximum atomic E-state index is 4.49. The Morgan fingerprint density at radius 3 is 3.00 bits per heavy atom. The fraction of sp³-hybridized carbons (Fsp3) is 0.200. The zero-order valence-electron chi connectivity index (χ0n) is 7.70. The predicted molar refractivity (Wildman–Crippen MR) is 62.4 cm³/mol. The van der Waals surface area contributed by atoms with Gasteiger partial charge in [-0.1, -0.05) is 6.92 Å². The third-order valence-corrected chi connectivity index (χ3v) is 3.41. The second-order valence-electron chi connectivity index (χ2n) is 2.83. The highest BCUT2D eigenvalue weighted by molar-refractivity contribution is 9.10. The van der Waals surface area contributed by atoms with Crippen LogP contribution in [0.15, 0.2) is 28.2 Å². The van der Waals surface area contributed by atoms with Gasteiger partial charge in [-0.05, 0) is 34.5 Å². The molecule has 0 saturated carbocycles. The van der Waals surface area contributed by atoms with E-state index in [1.54, 1.807) is 17.5 Å². The summed E-state index contributed by atoms with van der Waals surface area (Å²) in [6, 6.07) is 3.89. The van der Waals surface area contributed by atoms with Crippen LogP contribution in [0.2, 0.25) is 0 Å². The molecule has 0 saturated heterocycles. The zero-order chi connectivity index (χ0) is 9.97. The molecule has 0 amide bonds. The van der Waals surface area contributed by atoms with Gasteiger partial charge in [-0.15, -0.1) is 11.3 Å². The number of nitrogens with zero attached hydrogens (tertiary/aromatic N) is 2. The molecule has 0 spiro atoms. The van der Waals surface area contributed by atoms with E-state index in [-0.39, 0.29) is 0 Å². The molecule has 0 atom stereocenters. The van der Waals surface area contributed by atoms with Gasteiger partial charge >= 0.3 is 0 Å². The predicted octanol–water partition coefficient (Wildman–Crippen LogP) is 3.53. The van der Waals surface area contributed by atoms with Crippen LogP contribution in [0.5, 0.6) is 0 Å². The Bertz CT molecular complexity index is 439. The Balaban J connectivity index is 2.44. The Morgan fingerprint density at radius 1 is 1.50 bits per heavy atom. The Hall–Kier alpha value is -0.740. The summed E-state index contributed by atoms with van der Waals surface area (Å²) in [5.74, 6) is 0. The van der Waals surface area contributed by atoms with E-state index in [0.717, 1.165) is 27.3 Å². The monoisotopic (exact) mass is 268 g/mol. The number of hydrogen-bond acceptors (Lipinski definition) is 3. The second kappa shape index (κ2) is 4.19. The number of rotatable bonds is 2. The summed E-state index contributed by atoms with van der Waals surface area (Å²) in [5.41, 5.74) is 2.06. The summed E-state index contributed by atoms with van der Waals surface area (Å²) in [5, 5.41) is 3.06. The molecule has 0 radical (unpaired) electrons. The van der Waals surface area contributed by atoms with Crippen LogP contribution in [0.3, 0.4) is 0 Å². The third-order valence-electron chi connectivity index (χ3n) is 1.88. The first-order valence-corrected chi connectivity index (χ1v) is 6.04. The van der Waals surface area contributed by atoms with E-state index in [2.05, 4.69) is 38.2 Å². The summed E-state index contributed by atoms with van der Waals surface area (Å²) in [6.45, 7) is 2.10. The van der Waals surface area contributed by atoms with Crippen LogP contribution in [0.1, 0.15) is 12.6 Å². The molecule has 2 aromatic rings. The lowest BCUT2D eigenvalue weighted by atomic mass is 10.3. The van der Waals surface area contributed by atoms with Gasteiger partial charge < -0.3 is 0 Å². The van der Waals surface area contributed by atoms with Crippen molar-refractivity contribution >= 4 is 27.3 Å². The van der Waals surface area contributed by atoms with E-state index in [1.807, 2.05) is 12.1 Å². The van der Waals surface area contributed by atoms with E-state index in [9.17, 15) is 0 Å². The number of thiazole rings is 1. The number of aryl methyl sites for hydroxylation is 1. The van der Waals surface area contributed by atoms with Gasteiger partial charge in [0.2, 0.25) is 0 Å². The van der Waals surface area contributed by atoms with Gasteiger partial charge in [-0.2, -0.15) is 0 Å². The molecule has 72 valence electrons. The molecule has 14 heavy (non-hydrogen) atoms. The second-order valence-corrected chi connectivity index (χ2v) is 4.54. The van der Waals surface area contributed by atoms with Crippen molar-refractivity contribution in [1.29, 1.82) is 0 Å². The lowest BCUT2D eigenvalue weighted by molar-refractivity contribution is 1.06. The zero-order valence-corrected chi connectivity index (χ0v) is 10.1. The van der Waals surface area contributed by atoms with Crippen molar-refractivity contribution in [2.75, 3.05) is 0 Å². The first-order chi connectivity index (χ1) is 6.81. The van der Waals surface area contributed by atoms with Gasteiger partial charge in [0.15, 0.2) is 0 Å². The molecule has 0 aliphatic rings. The van der Waals surface area contributed by atoms with Crippen molar-refractivity contribution in [2.45, 2.75) is 13.3 Å². The van der Waals surface area contributed by atoms with Crippen LogP contribution in [-0.4, -0.2) is 9.97 Å². The van der Waals surface area contributed by atoms with Crippen molar-refractivity contribution in [3.8, 4) is 10.7 Å². The van der Waals surface area contributed by atoms with Crippen LogP contribution >= 0.6 is 27.3 Å². The van der Waals surface area contributed by atoms with Crippen LogP contribution in [0.25, 0.3) is 10.7 Å². The Labute approximate surface area is 95.2 Å². The summed E-state index contributed by atoms with van der Waals surface area (Å²) in [7, 11) is 0. The van der Waals surface area contributed by atoms with Crippen molar-refractivity contribution in [3.05, 3.63) is 33.9 Å². The van der Waals surface area contributed by atoms with E-state index >= 15 is 0 Å². The summed E-state index contributed by atoms with van der Waals surface area (Å²) in [6.07, 6.45) is 2.76. The molecule has 0 aliphatic carbocycles. The summed E-state index contributed by atoms with van der Waals surface area (Å²) < 4.78 is 0.997. The van der Waals surface area contributed by atoms with Gasteiger partial charge in [0.05, 0.1) is 5.69 Å². The number of pyridine rings is 1. The van der Waals surface area contributed by atoms with Crippen molar-refractivity contribution in [3.63, 3.8) is 0 Å². The molecule has 4 heteroatoms. The first-order valence-electron chi connectivity index (χ1n) is 4.36. The van der Waals surface area contributed by atoms with Crippen LogP contribution in [0, 0.1) is 0 Å². The molecular weight excluding hydrogens is 260 g/mol. The summed E-state index contributed by atoms with van der Waals surface area (Å²) >= 11 is 5.11. The van der Waals surface area contributed by atoms with Crippen molar-refractivity contribution < 1.29 is 0 Å². The average molecular weight is 269 g/mol. The molecule has 0 unspecified atom stereocenters. The quantitative estimate of drug-likeness (QED) is 0.833. The minimum atomic E-state index is 0.928. The average Bonchev–Trinajstić information content (AvgIpc) is 2.67. The Morgan fingerprint density at radius 2 is 2.36 bits per heavy atom. The molecule has 0 N–H and O–H groups in total. The van der Waals surface area contributed by atoms with E-state index in [0.29, 0.717) is 0 Å². The largest absolute Gasteiger partial charge is 0.253 e. The minimum absolute atomic E-state index is 0.928. The molecule has 0 aliphatic heterocycles. The molecule has 2 aromatic heterocycles. The molecular formula is C10H9BrN2S. The number of hydrogen-bond donors (Lipinski definition) is 0. The number of halogens is 1. The van der Waals surface area contributed by atoms with Crippen molar-refractivity contribution in [2.24, 2.45) is 0 Å². The molecule has 0 fully saturated rings. The molecule has 2 rings (SSSR count). The van der Waals surface area contributed by atoms with E-state index in [1.165, 1.54) is 0 Å². The standard InChI is InChI=1S/C10H9BrN2S/c1-2-7-6-14-10(13-7)9-8(11)4-3-5-12-9/h3-6H,2H2,1H3. The van der Waals surface area contributed by atoms with Gasteiger partial charge in [0, 0.05) is 16.0 Å². The lowest BCUT2D eigenvalue weighted by Gasteiger charge is -1.97. The van der Waals surface area contributed by atoms with Gasteiger partial charge in [-0.3, -0.25) is 4.98 Å². The highest BCUT2D eigenvalue weighted by Crippen LogP contribution is 2.28. The third kappa shape index (κ3) is 1.86. The van der Waals surface area contributed by atoms with Crippen LogP contribution < -0.4 is 0 Å². The summed E-state index contributed by atoms with van der Waals surface area (Å²) in [4.78, 5) is 8.78. The molecule has 0 aromatic carbocycles. The van der Waals surface area contributed by atoms with Crippen LogP contribution in [-0.2, 0) is 6.42 Å². The minimum Gasteiger partial charge on any atom is -0.253 e. The molecule has 2 heterocycles. The molecule has 0 bridgehead atoms. The first kappa shape index (κ1) is 9.80. The molecule has 2 nitrogen and oxygen atoms in total. The fourth-order valence-electron chi connectivity index (χ4n) is 1.12. The maximum absolute atomic E-state index is 4.49. The SMILES string of the molecule is CCc1csc(-c2ncccc2Br)n1. The smallest absolute Gasteiger partial charge is 0.143 e. The van der Waals surface area contributed by atoms with E-state index < -0.39 is 0 Å². The fourth-order valence-corrected chi connectivity index (χ4v) is 2.61. The van der Waals surface area contributed by atoms with Crippen molar-refractivity contribution in [1.82, 2.24) is 9.97 Å². The highest BCUT2D eigenvalue weighted by atomic mass is 79.9. The van der Waals surface area contributed by atoms with Crippen LogP contribution in [0.4, 0.5) is 0 Å². The topological polar surface area (TPSA) is 25.8 Å². The maximum Gasteiger partial charge on any atom is 0.143 e. The van der Waals surface area contributed by atoms with E-state index in [4.69, 9.17) is 0 Å². The van der Waals surface area contributed by atoms with Gasteiger partial charge in [0.25, 0.3) is 0 Å². The lowest BCUT2D eigenvalue weighted by Crippen LogP contribution is -1.84. The Kier molecular flexibility index (Phi) is 2.93. The normalized spacial score (nSPS) is 10.4.